The fourth-order valence-electron chi connectivity index (χ4n) is 2.41. The van der Waals surface area contributed by atoms with Gasteiger partial charge in [0.2, 0.25) is 0 Å². The Hall–Kier alpha value is 0.270. The molecule has 3 heteroatoms. The molecule has 2 rings (SSSR count). The second kappa shape index (κ2) is 6.44. The summed E-state index contributed by atoms with van der Waals surface area (Å²) in [6, 6.07) is 0.715. The fraction of sp³-hybridized carbons (Fsp3) is 1.00. The first kappa shape index (κ1) is 13.7. The molecule has 1 saturated heterocycles. The molecule has 17 heavy (non-hydrogen) atoms. The highest BCUT2D eigenvalue weighted by Gasteiger charge is 2.27. The Morgan fingerprint density at radius 3 is 2.88 bits per heavy atom. The molecule has 1 unspecified atom stereocenters. The first-order valence-corrected chi connectivity index (χ1v) is 8.20. The van der Waals surface area contributed by atoms with E-state index in [1.165, 1.54) is 30.8 Å². The van der Waals surface area contributed by atoms with Gasteiger partial charge in [0.15, 0.2) is 0 Å². The lowest BCUT2D eigenvalue weighted by molar-refractivity contribution is 0.121. The molecule has 2 aliphatic rings. The van der Waals surface area contributed by atoms with Crippen molar-refractivity contribution in [3.8, 4) is 0 Å². The highest BCUT2D eigenvalue weighted by atomic mass is 32.2. The van der Waals surface area contributed by atoms with E-state index in [1.807, 2.05) is 0 Å². The molecule has 2 nitrogen and oxygen atoms in total. The van der Waals surface area contributed by atoms with Crippen LogP contribution in [-0.2, 0) is 4.74 Å². The lowest BCUT2D eigenvalue weighted by atomic mass is 9.88. The van der Waals surface area contributed by atoms with Crippen LogP contribution in [0.2, 0.25) is 0 Å². The van der Waals surface area contributed by atoms with Crippen molar-refractivity contribution in [2.24, 2.45) is 11.3 Å². The van der Waals surface area contributed by atoms with Crippen molar-refractivity contribution in [1.82, 2.24) is 5.32 Å². The van der Waals surface area contributed by atoms with Crippen molar-refractivity contribution in [1.29, 1.82) is 0 Å². The number of hydrogen-bond acceptors (Lipinski definition) is 3. The molecule has 0 amide bonds. The third-order valence-corrected chi connectivity index (χ3v) is 5.18. The third-order valence-electron chi connectivity index (χ3n) is 3.56. The van der Waals surface area contributed by atoms with Gasteiger partial charge in [-0.1, -0.05) is 13.8 Å². The Kier molecular flexibility index (Phi) is 5.19. The Labute approximate surface area is 110 Å². The van der Waals surface area contributed by atoms with Crippen LogP contribution in [0.25, 0.3) is 0 Å². The smallest absolute Gasteiger partial charge is 0.0494 e. The summed E-state index contributed by atoms with van der Waals surface area (Å²) < 4.78 is 5.64. The lowest BCUT2D eigenvalue weighted by Crippen LogP contribution is -2.40. The average molecular weight is 257 g/mol. The van der Waals surface area contributed by atoms with Gasteiger partial charge in [-0.25, -0.2) is 0 Å². The van der Waals surface area contributed by atoms with Crippen LogP contribution in [0.5, 0.6) is 0 Å². The SMILES string of the molecule is CC1(C)CSCC(NCCCOCC2CC2)C1. The van der Waals surface area contributed by atoms with Crippen LogP contribution in [0.4, 0.5) is 0 Å². The molecule has 1 N–H and O–H groups in total. The summed E-state index contributed by atoms with van der Waals surface area (Å²) in [5.41, 5.74) is 0.517. The minimum atomic E-state index is 0.517. The van der Waals surface area contributed by atoms with Gasteiger partial charge in [-0.2, -0.15) is 11.8 Å². The minimum absolute atomic E-state index is 0.517. The topological polar surface area (TPSA) is 21.3 Å². The predicted octanol–water partition coefficient (Wildman–Crippen LogP) is 2.92. The van der Waals surface area contributed by atoms with Gasteiger partial charge < -0.3 is 10.1 Å². The summed E-state index contributed by atoms with van der Waals surface area (Å²) in [5, 5.41) is 3.68. The molecule has 0 aromatic rings. The zero-order chi connectivity index (χ0) is 12.1. The zero-order valence-electron chi connectivity index (χ0n) is 11.3. The van der Waals surface area contributed by atoms with Crippen molar-refractivity contribution < 1.29 is 4.74 Å². The second-order valence-electron chi connectivity index (χ2n) is 6.41. The van der Waals surface area contributed by atoms with E-state index >= 15 is 0 Å². The van der Waals surface area contributed by atoms with Gasteiger partial charge in [-0.15, -0.1) is 0 Å². The van der Waals surface area contributed by atoms with Crippen molar-refractivity contribution in [3.63, 3.8) is 0 Å². The summed E-state index contributed by atoms with van der Waals surface area (Å²) >= 11 is 2.10. The molecule has 1 heterocycles. The molecule has 2 fully saturated rings. The first-order chi connectivity index (χ1) is 8.16. The second-order valence-corrected chi connectivity index (χ2v) is 7.44. The Morgan fingerprint density at radius 1 is 1.35 bits per heavy atom. The Bertz CT molecular complexity index is 228. The standard InChI is InChI=1S/C14H27NOS/c1-14(2)8-13(10-17-11-14)15-6-3-7-16-9-12-4-5-12/h12-13,15H,3-11H2,1-2H3. The lowest BCUT2D eigenvalue weighted by Gasteiger charge is -2.35. The molecule has 0 spiro atoms. The Morgan fingerprint density at radius 2 is 2.18 bits per heavy atom. The van der Waals surface area contributed by atoms with Crippen molar-refractivity contribution in [2.75, 3.05) is 31.3 Å². The number of nitrogens with one attached hydrogen (secondary N) is 1. The maximum absolute atomic E-state index is 5.64. The van der Waals surface area contributed by atoms with Crippen LogP contribution in [0, 0.1) is 11.3 Å². The quantitative estimate of drug-likeness (QED) is 0.709. The normalized spacial score (nSPS) is 28.2. The zero-order valence-corrected chi connectivity index (χ0v) is 12.2. The Balaban J connectivity index is 1.46. The van der Waals surface area contributed by atoms with E-state index in [9.17, 15) is 0 Å². The first-order valence-electron chi connectivity index (χ1n) is 7.05. The molecule has 1 saturated carbocycles. The van der Waals surface area contributed by atoms with Gasteiger partial charge in [0.05, 0.1) is 0 Å². The maximum Gasteiger partial charge on any atom is 0.0494 e. The summed E-state index contributed by atoms with van der Waals surface area (Å²) in [4.78, 5) is 0. The van der Waals surface area contributed by atoms with Gasteiger partial charge in [0.25, 0.3) is 0 Å². The number of thioether (sulfide) groups is 1. The van der Waals surface area contributed by atoms with E-state index in [4.69, 9.17) is 4.74 Å². The third kappa shape index (κ3) is 5.62. The van der Waals surface area contributed by atoms with Crippen LogP contribution in [-0.4, -0.2) is 37.3 Å². The van der Waals surface area contributed by atoms with E-state index in [1.54, 1.807) is 0 Å². The predicted molar refractivity (Wildman–Crippen MR) is 75.7 cm³/mol. The monoisotopic (exact) mass is 257 g/mol. The molecule has 0 aromatic carbocycles. The van der Waals surface area contributed by atoms with Crippen LogP contribution in [0.3, 0.4) is 0 Å². The van der Waals surface area contributed by atoms with Crippen molar-refractivity contribution in [3.05, 3.63) is 0 Å². The average Bonchev–Trinajstić information content (AvgIpc) is 3.05. The maximum atomic E-state index is 5.64. The van der Waals surface area contributed by atoms with Crippen LogP contribution >= 0.6 is 11.8 Å². The van der Waals surface area contributed by atoms with E-state index < -0.39 is 0 Å². The summed E-state index contributed by atoms with van der Waals surface area (Å²) in [6.07, 6.45) is 5.27. The molecule has 1 aliphatic heterocycles. The molecule has 0 aromatic heterocycles. The molecular weight excluding hydrogens is 230 g/mol. The van der Waals surface area contributed by atoms with Crippen molar-refractivity contribution in [2.45, 2.75) is 45.6 Å². The highest BCUT2D eigenvalue weighted by Crippen LogP contribution is 2.33. The summed E-state index contributed by atoms with van der Waals surface area (Å²) in [7, 11) is 0. The van der Waals surface area contributed by atoms with Gasteiger partial charge in [-0.3, -0.25) is 0 Å². The van der Waals surface area contributed by atoms with E-state index in [0.29, 0.717) is 11.5 Å². The van der Waals surface area contributed by atoms with E-state index in [2.05, 4.69) is 30.9 Å². The molecule has 1 atom stereocenters. The molecule has 100 valence electrons. The van der Waals surface area contributed by atoms with Crippen molar-refractivity contribution >= 4 is 11.8 Å². The van der Waals surface area contributed by atoms with Crippen LogP contribution in [0.15, 0.2) is 0 Å². The largest absolute Gasteiger partial charge is 0.381 e. The molecule has 0 bridgehead atoms. The fourth-order valence-corrected chi connectivity index (χ4v) is 3.72. The van der Waals surface area contributed by atoms with E-state index in [0.717, 1.165) is 32.1 Å². The van der Waals surface area contributed by atoms with E-state index in [-0.39, 0.29) is 0 Å². The number of rotatable bonds is 7. The van der Waals surface area contributed by atoms with Gasteiger partial charge >= 0.3 is 0 Å². The molecule has 0 radical (unpaired) electrons. The number of hydrogen-bond donors (Lipinski definition) is 1. The van der Waals surface area contributed by atoms with Crippen LogP contribution < -0.4 is 5.32 Å². The van der Waals surface area contributed by atoms with Crippen LogP contribution in [0.1, 0.15) is 39.5 Å². The highest BCUT2D eigenvalue weighted by molar-refractivity contribution is 7.99. The van der Waals surface area contributed by atoms with Gasteiger partial charge in [0, 0.05) is 25.0 Å². The molecule has 1 aliphatic carbocycles. The van der Waals surface area contributed by atoms with Gasteiger partial charge in [-0.05, 0) is 49.3 Å². The molecular formula is C14H27NOS. The minimum Gasteiger partial charge on any atom is -0.381 e. The summed E-state index contributed by atoms with van der Waals surface area (Å²) in [6.45, 7) is 7.82. The van der Waals surface area contributed by atoms with Gasteiger partial charge in [0.1, 0.15) is 0 Å². The number of ether oxygens (including phenoxy) is 1. The summed E-state index contributed by atoms with van der Waals surface area (Å²) in [5.74, 6) is 3.50.